The molecule has 4 rings (SSSR count). The highest BCUT2D eigenvalue weighted by atomic mass is 32.2. The molecule has 2 heterocycles. The Balaban J connectivity index is 1.67. The van der Waals surface area contributed by atoms with Crippen molar-refractivity contribution >= 4 is 29.5 Å². The number of ether oxygens (including phenoxy) is 2. The molecule has 0 radical (unpaired) electrons. The number of benzene rings is 2. The van der Waals surface area contributed by atoms with Crippen molar-refractivity contribution in [1.29, 1.82) is 0 Å². The first-order valence-electron chi connectivity index (χ1n) is 11.9. The van der Waals surface area contributed by atoms with E-state index in [1.165, 1.54) is 42.2 Å². The summed E-state index contributed by atoms with van der Waals surface area (Å²) in [5.41, 5.74) is 8.78. The lowest BCUT2D eigenvalue weighted by Gasteiger charge is -2.38. The Labute approximate surface area is 227 Å². The molecule has 12 heteroatoms. The highest BCUT2D eigenvalue weighted by Crippen LogP contribution is 2.38. The van der Waals surface area contributed by atoms with Crippen molar-refractivity contribution in [3.63, 3.8) is 0 Å². The summed E-state index contributed by atoms with van der Waals surface area (Å²) in [7, 11) is 1.24. The number of ketones is 1. The number of aromatic nitrogens is 1. The van der Waals surface area contributed by atoms with Crippen molar-refractivity contribution in [2.24, 2.45) is 10.8 Å². The van der Waals surface area contributed by atoms with Gasteiger partial charge in [-0.05, 0) is 42.3 Å². The highest BCUT2D eigenvalue weighted by molar-refractivity contribution is 8.01. The molecule has 3 aromatic rings. The molecule has 0 spiro atoms. The molecule has 0 amide bonds. The molecule has 1 aliphatic rings. The average Bonchev–Trinajstić information content (AvgIpc) is 2.95. The maximum atomic E-state index is 13.0. The maximum Gasteiger partial charge on any atom is 0.573 e. The first kappa shape index (κ1) is 28.1. The van der Waals surface area contributed by atoms with Crippen LogP contribution in [0.15, 0.2) is 72.1 Å². The number of hydrazone groups is 1. The molecule has 0 saturated carbocycles. The number of thioether (sulfide) groups is 1. The second kappa shape index (κ2) is 11.9. The van der Waals surface area contributed by atoms with Gasteiger partial charge in [0.15, 0.2) is 28.9 Å². The number of pyridine rings is 1. The first-order valence-corrected chi connectivity index (χ1v) is 12.8. The lowest BCUT2D eigenvalue weighted by molar-refractivity contribution is -0.275. The molecular formula is C27H25F3N4O4S. The van der Waals surface area contributed by atoms with Crippen molar-refractivity contribution in [3.05, 3.63) is 89.2 Å². The van der Waals surface area contributed by atoms with E-state index in [4.69, 9.17) is 10.5 Å². The Morgan fingerprint density at radius 2 is 1.90 bits per heavy atom. The third-order valence-electron chi connectivity index (χ3n) is 5.99. The number of carbonyl (C=O) groups is 2. The molecule has 0 bridgehead atoms. The number of rotatable bonds is 9. The minimum Gasteiger partial charge on any atom is -0.493 e. The quantitative estimate of drug-likeness (QED) is 0.291. The molecule has 0 saturated heterocycles. The summed E-state index contributed by atoms with van der Waals surface area (Å²) in [5.74, 6) is -0.800. The van der Waals surface area contributed by atoms with Gasteiger partial charge >= 0.3 is 6.36 Å². The van der Waals surface area contributed by atoms with E-state index in [-0.39, 0.29) is 16.8 Å². The Bertz CT molecular complexity index is 1350. The van der Waals surface area contributed by atoms with Gasteiger partial charge in [0.25, 0.3) is 0 Å². The van der Waals surface area contributed by atoms with Crippen LogP contribution in [0.1, 0.15) is 46.6 Å². The number of hydrogen-bond donors (Lipinski definition) is 1. The van der Waals surface area contributed by atoms with Crippen molar-refractivity contribution < 1.29 is 32.2 Å². The molecular weight excluding hydrogens is 533 g/mol. The van der Waals surface area contributed by atoms with Gasteiger partial charge in [0.1, 0.15) is 6.17 Å². The summed E-state index contributed by atoms with van der Waals surface area (Å²) in [6.45, 7) is 1.89. The van der Waals surface area contributed by atoms with E-state index in [9.17, 15) is 22.8 Å². The summed E-state index contributed by atoms with van der Waals surface area (Å²) in [6, 6.07) is 14.1. The van der Waals surface area contributed by atoms with Crippen molar-refractivity contribution in [1.82, 2.24) is 9.99 Å². The summed E-state index contributed by atoms with van der Waals surface area (Å²) in [6.07, 6.45) is -1.46. The predicted molar refractivity (Wildman–Crippen MR) is 141 cm³/mol. The van der Waals surface area contributed by atoms with Gasteiger partial charge in [0.05, 0.1) is 18.1 Å². The molecule has 204 valence electrons. The van der Waals surface area contributed by atoms with Gasteiger partial charge in [-0.1, -0.05) is 31.2 Å². The number of methoxy groups -OCH3 is 1. The number of halogens is 3. The van der Waals surface area contributed by atoms with Crippen molar-refractivity contribution in [2.75, 3.05) is 7.11 Å². The molecule has 1 aliphatic heterocycles. The van der Waals surface area contributed by atoms with Gasteiger partial charge < -0.3 is 20.0 Å². The zero-order chi connectivity index (χ0) is 28.2. The maximum absolute atomic E-state index is 13.0. The van der Waals surface area contributed by atoms with E-state index >= 15 is 0 Å². The van der Waals surface area contributed by atoms with Crippen LogP contribution in [0.25, 0.3) is 0 Å². The van der Waals surface area contributed by atoms with E-state index in [0.29, 0.717) is 34.4 Å². The first-order chi connectivity index (χ1) is 18.6. The number of nitrogens with two attached hydrogens (primary N) is 1. The minimum atomic E-state index is -4.92. The molecule has 39 heavy (non-hydrogen) atoms. The molecule has 0 aliphatic carbocycles. The molecule has 3 atom stereocenters. The Morgan fingerprint density at radius 1 is 1.15 bits per heavy atom. The van der Waals surface area contributed by atoms with Gasteiger partial charge in [-0.3, -0.25) is 14.8 Å². The lowest BCUT2D eigenvalue weighted by atomic mass is 10.0. The lowest BCUT2D eigenvalue weighted by Crippen LogP contribution is -2.44. The number of hydrogen-bond acceptors (Lipinski definition) is 9. The molecule has 1 aromatic heterocycles. The average molecular weight is 559 g/mol. The predicted octanol–water partition coefficient (Wildman–Crippen LogP) is 4.93. The Hall–Kier alpha value is -3.90. The summed E-state index contributed by atoms with van der Waals surface area (Å²) >= 11 is 1.29. The number of nitrogens with zero attached hydrogens (tertiary/aromatic N) is 3. The third-order valence-corrected chi connectivity index (χ3v) is 7.48. The van der Waals surface area contributed by atoms with E-state index < -0.39 is 23.7 Å². The standard InChI is InChI=1S/C27H25F3N4O4S/c1-3-22-24(18-10-11-20(37-2)21(13-18)38-27(28,29)30)33-34(23(15-35)39-22)26(31)17-8-6-16(7-9-17)25(36)19-5-4-12-32-14-19/h4-15,22-23,26H,3,31H2,1-2H3. The summed E-state index contributed by atoms with van der Waals surface area (Å²) in [4.78, 5) is 28.7. The minimum absolute atomic E-state index is 0.0894. The second-order valence-corrected chi connectivity index (χ2v) is 9.80. The second-order valence-electron chi connectivity index (χ2n) is 8.48. The highest BCUT2D eigenvalue weighted by Gasteiger charge is 2.36. The van der Waals surface area contributed by atoms with E-state index in [1.807, 2.05) is 6.92 Å². The largest absolute Gasteiger partial charge is 0.573 e. The number of carbonyl (C=O) groups excluding carboxylic acids is 2. The van der Waals surface area contributed by atoms with Crippen LogP contribution >= 0.6 is 11.8 Å². The SMILES string of the molecule is CCC1SC(C=O)N(C(N)c2ccc(C(=O)c3cccnc3)cc2)N=C1c1ccc(OC)c(OC(F)(F)F)c1. The zero-order valence-electron chi connectivity index (χ0n) is 21.0. The molecule has 2 aromatic carbocycles. The number of aldehydes is 1. The molecule has 2 N–H and O–H groups in total. The fourth-order valence-corrected chi connectivity index (χ4v) is 5.29. The fourth-order valence-electron chi connectivity index (χ4n) is 4.08. The smallest absolute Gasteiger partial charge is 0.493 e. The third kappa shape index (κ3) is 6.40. The van der Waals surface area contributed by atoms with E-state index in [0.717, 1.165) is 6.29 Å². The van der Waals surface area contributed by atoms with Crippen LogP contribution in [0.2, 0.25) is 0 Å². The molecule has 8 nitrogen and oxygen atoms in total. The van der Waals surface area contributed by atoms with Crippen LogP contribution in [-0.2, 0) is 4.79 Å². The monoisotopic (exact) mass is 558 g/mol. The van der Waals surface area contributed by atoms with Crippen molar-refractivity contribution in [2.45, 2.75) is 36.5 Å². The summed E-state index contributed by atoms with van der Waals surface area (Å²) < 4.78 is 48.2. The normalized spacial score (nSPS) is 18.2. The van der Waals surface area contributed by atoms with Crippen LogP contribution < -0.4 is 15.2 Å². The van der Waals surface area contributed by atoms with E-state index in [1.54, 1.807) is 48.7 Å². The van der Waals surface area contributed by atoms with Crippen LogP contribution in [-0.4, -0.2) is 51.9 Å². The van der Waals surface area contributed by atoms with E-state index in [2.05, 4.69) is 14.8 Å². The van der Waals surface area contributed by atoms with Gasteiger partial charge in [-0.2, -0.15) is 5.10 Å². The Morgan fingerprint density at radius 3 is 2.49 bits per heavy atom. The van der Waals surface area contributed by atoms with Gasteiger partial charge in [-0.15, -0.1) is 24.9 Å². The molecule has 0 fully saturated rings. The van der Waals surface area contributed by atoms with Crippen LogP contribution in [0.5, 0.6) is 11.5 Å². The fraction of sp³-hybridized carbons (Fsp3) is 0.259. The molecule has 3 unspecified atom stereocenters. The topological polar surface area (TPSA) is 107 Å². The van der Waals surface area contributed by atoms with Crippen LogP contribution in [0.4, 0.5) is 13.2 Å². The Kier molecular flexibility index (Phi) is 8.56. The van der Waals surface area contributed by atoms with Crippen LogP contribution in [0, 0.1) is 0 Å². The number of alkyl halides is 3. The van der Waals surface area contributed by atoms with Crippen LogP contribution in [0.3, 0.4) is 0 Å². The van der Waals surface area contributed by atoms with Crippen molar-refractivity contribution in [3.8, 4) is 11.5 Å². The van der Waals surface area contributed by atoms with Gasteiger partial charge in [-0.25, -0.2) is 0 Å². The van der Waals surface area contributed by atoms with Gasteiger partial charge in [0, 0.05) is 29.1 Å². The van der Waals surface area contributed by atoms with Gasteiger partial charge in [0.2, 0.25) is 0 Å². The zero-order valence-corrected chi connectivity index (χ0v) is 21.8. The summed E-state index contributed by atoms with van der Waals surface area (Å²) in [5, 5.41) is 5.02.